The molecule has 0 heterocycles. The second-order valence-electron chi connectivity index (χ2n) is 2.81. The van der Waals surface area contributed by atoms with E-state index >= 15 is 0 Å². The second-order valence-corrected chi connectivity index (χ2v) is 2.81. The van der Waals surface area contributed by atoms with Gasteiger partial charge in [0.1, 0.15) is 0 Å². The molecule has 1 N–H and O–H groups in total. The quantitative estimate of drug-likeness (QED) is 0.731. The number of aliphatic hydroxyl groups is 1. The van der Waals surface area contributed by atoms with Gasteiger partial charge in [0.2, 0.25) is 0 Å². The van der Waals surface area contributed by atoms with Crippen LogP contribution < -0.4 is 0 Å². The van der Waals surface area contributed by atoms with Crippen LogP contribution in [0.15, 0.2) is 24.3 Å². The number of benzene rings is 1. The van der Waals surface area contributed by atoms with Gasteiger partial charge in [0.15, 0.2) is 6.10 Å². The van der Waals surface area contributed by atoms with Crippen molar-refractivity contribution in [2.75, 3.05) is 0 Å². The number of rotatable bonds is 2. The van der Waals surface area contributed by atoms with Crippen LogP contribution in [0.4, 0.5) is 13.2 Å². The molecule has 0 fully saturated rings. The maximum atomic E-state index is 12.0. The van der Waals surface area contributed by atoms with Crippen molar-refractivity contribution >= 4 is 0 Å². The lowest BCUT2D eigenvalue weighted by Crippen LogP contribution is -2.20. The lowest BCUT2D eigenvalue weighted by atomic mass is 10.1. The van der Waals surface area contributed by atoms with E-state index in [0.29, 0.717) is 5.56 Å². The Kier molecular flexibility index (Phi) is 3.06. The molecule has 1 aromatic rings. The molecule has 0 spiro atoms. The van der Waals surface area contributed by atoms with Gasteiger partial charge in [0.05, 0.1) is 5.56 Å². The molecule has 0 bridgehead atoms. The van der Waals surface area contributed by atoms with Crippen molar-refractivity contribution < 1.29 is 18.3 Å². The first-order valence-electron chi connectivity index (χ1n) is 3.92. The van der Waals surface area contributed by atoms with Crippen LogP contribution >= 0.6 is 0 Å². The van der Waals surface area contributed by atoms with Crippen LogP contribution in [0.1, 0.15) is 17.2 Å². The molecule has 0 aliphatic heterocycles. The first-order valence-corrected chi connectivity index (χ1v) is 3.92. The number of halogens is 3. The first kappa shape index (κ1) is 10.9. The van der Waals surface area contributed by atoms with Crippen LogP contribution in [0.3, 0.4) is 0 Å². The van der Waals surface area contributed by atoms with Crippen molar-refractivity contribution in [2.45, 2.75) is 12.3 Å². The van der Waals surface area contributed by atoms with Gasteiger partial charge in [-0.1, -0.05) is 0 Å². The van der Waals surface area contributed by atoms with Crippen molar-refractivity contribution in [3.63, 3.8) is 0 Å². The van der Waals surface area contributed by atoms with Crippen molar-refractivity contribution in [3.8, 4) is 0 Å². The number of hydrogen-bond acceptors (Lipinski definition) is 1. The minimum Gasteiger partial charge on any atom is -0.379 e. The van der Waals surface area contributed by atoms with Crippen molar-refractivity contribution in [2.24, 2.45) is 0 Å². The van der Waals surface area contributed by atoms with Crippen LogP contribution in [0, 0.1) is 13.3 Å². The van der Waals surface area contributed by atoms with Gasteiger partial charge in [-0.15, -0.1) is 6.42 Å². The molecule has 1 rings (SSSR count). The monoisotopic (exact) mass is 202 g/mol. The lowest BCUT2D eigenvalue weighted by Gasteiger charge is -2.13. The van der Waals surface area contributed by atoms with Gasteiger partial charge in [0.25, 0.3) is 0 Å². The molecular weight excluding hydrogens is 193 g/mol. The summed E-state index contributed by atoms with van der Waals surface area (Å²) in [7, 11) is 0. The predicted molar refractivity (Wildman–Crippen MR) is 46.2 cm³/mol. The molecule has 0 amide bonds. The summed E-state index contributed by atoms with van der Waals surface area (Å²) in [5.41, 5.74) is 0.547. The van der Waals surface area contributed by atoms with E-state index in [1.54, 1.807) is 0 Å². The molecule has 1 nitrogen and oxygen atoms in total. The topological polar surface area (TPSA) is 20.2 Å². The zero-order chi connectivity index (χ0) is 10.8. The molecular formula is C10H9F3O. The molecule has 0 aliphatic rings. The van der Waals surface area contributed by atoms with Gasteiger partial charge >= 0.3 is 6.18 Å². The summed E-state index contributed by atoms with van der Waals surface area (Å²) in [6.07, 6.45) is -5.51. The summed E-state index contributed by atoms with van der Waals surface area (Å²) in [5.74, 6) is 0. The van der Waals surface area contributed by atoms with Gasteiger partial charge in [-0.05, 0) is 0 Å². The van der Waals surface area contributed by atoms with Crippen molar-refractivity contribution in [1.82, 2.24) is 0 Å². The Balaban J connectivity index is 2.87. The molecule has 1 unspecified atom stereocenters. The Morgan fingerprint density at radius 2 is 1.71 bits per heavy atom. The van der Waals surface area contributed by atoms with E-state index < -0.39 is 12.3 Å². The summed E-state index contributed by atoms with van der Waals surface area (Å²) >= 11 is 0. The highest BCUT2D eigenvalue weighted by molar-refractivity contribution is 5.29. The second kappa shape index (κ2) is 3.92. The summed E-state index contributed by atoms with van der Waals surface area (Å²) < 4.78 is 36.1. The molecule has 0 saturated carbocycles. The highest BCUT2D eigenvalue weighted by Crippen LogP contribution is 2.32. The van der Waals surface area contributed by atoms with Crippen molar-refractivity contribution in [1.29, 1.82) is 0 Å². The SMILES string of the molecule is [CH2-][CH+]c1ccc(C(O)C(F)(F)F)cc1. The van der Waals surface area contributed by atoms with E-state index in [0.717, 1.165) is 0 Å². The number of hydrogen-bond donors (Lipinski definition) is 1. The first-order chi connectivity index (χ1) is 6.45. The molecule has 14 heavy (non-hydrogen) atoms. The number of aliphatic hydroxyl groups excluding tert-OH is 1. The lowest BCUT2D eigenvalue weighted by molar-refractivity contribution is -0.206. The van der Waals surface area contributed by atoms with Gasteiger partial charge in [-0.25, -0.2) is 0 Å². The van der Waals surface area contributed by atoms with Gasteiger partial charge < -0.3 is 5.11 Å². The number of alkyl halides is 3. The molecule has 0 radical (unpaired) electrons. The van der Waals surface area contributed by atoms with Crippen LogP contribution in [0.2, 0.25) is 0 Å². The molecule has 1 atom stereocenters. The smallest absolute Gasteiger partial charge is 0.379 e. The fraction of sp³-hybridized carbons (Fsp3) is 0.200. The van der Waals surface area contributed by atoms with Crippen LogP contribution in [-0.4, -0.2) is 11.3 Å². The molecule has 0 aromatic heterocycles. The third kappa shape index (κ3) is 2.42. The Bertz CT molecular complexity index is 289. The predicted octanol–water partition coefficient (Wildman–Crippen LogP) is 2.67. The molecule has 76 valence electrons. The van der Waals surface area contributed by atoms with Crippen LogP contribution in [0.25, 0.3) is 0 Å². The van der Waals surface area contributed by atoms with Gasteiger partial charge in [0, 0.05) is 29.8 Å². The standard InChI is InChI=1S/C10H9F3O/c1-2-7-3-5-8(6-4-7)9(14)10(11,12)13/h2-6,9,14H,1H2. The zero-order valence-corrected chi connectivity index (χ0v) is 7.25. The minimum atomic E-state index is -4.62. The van der Waals surface area contributed by atoms with E-state index in [-0.39, 0.29) is 5.56 Å². The Labute approximate surface area is 80.2 Å². The van der Waals surface area contributed by atoms with E-state index in [4.69, 9.17) is 5.11 Å². The Hall–Kier alpha value is -1.16. The van der Waals surface area contributed by atoms with E-state index in [9.17, 15) is 13.2 Å². The molecule has 0 saturated heterocycles. The minimum absolute atomic E-state index is 0.164. The third-order valence-corrected chi connectivity index (χ3v) is 1.80. The summed E-state index contributed by atoms with van der Waals surface area (Å²) in [4.78, 5) is 0. The van der Waals surface area contributed by atoms with E-state index in [2.05, 4.69) is 6.92 Å². The maximum Gasteiger partial charge on any atom is 0.418 e. The van der Waals surface area contributed by atoms with Gasteiger partial charge in [-0.2, -0.15) is 13.2 Å². The average molecular weight is 202 g/mol. The average Bonchev–Trinajstić information content (AvgIpc) is 2.15. The zero-order valence-electron chi connectivity index (χ0n) is 7.25. The van der Waals surface area contributed by atoms with E-state index in [1.807, 2.05) is 0 Å². The Morgan fingerprint density at radius 1 is 1.21 bits per heavy atom. The van der Waals surface area contributed by atoms with Crippen molar-refractivity contribution in [3.05, 3.63) is 48.7 Å². The highest BCUT2D eigenvalue weighted by atomic mass is 19.4. The van der Waals surface area contributed by atoms with Gasteiger partial charge in [-0.3, -0.25) is 6.92 Å². The normalized spacial score (nSPS) is 13.8. The largest absolute Gasteiger partial charge is 0.418 e. The fourth-order valence-corrected chi connectivity index (χ4v) is 1.00. The third-order valence-electron chi connectivity index (χ3n) is 1.80. The molecule has 4 heteroatoms. The van der Waals surface area contributed by atoms with Crippen LogP contribution in [0.5, 0.6) is 0 Å². The van der Waals surface area contributed by atoms with Crippen LogP contribution in [-0.2, 0) is 0 Å². The fourth-order valence-electron chi connectivity index (χ4n) is 1.00. The highest BCUT2D eigenvalue weighted by Gasteiger charge is 2.39. The molecule has 0 aliphatic carbocycles. The van der Waals surface area contributed by atoms with E-state index in [1.165, 1.54) is 30.7 Å². The Morgan fingerprint density at radius 3 is 2.07 bits per heavy atom. The maximum absolute atomic E-state index is 12.0. The summed E-state index contributed by atoms with van der Waals surface area (Å²) in [6.45, 7) is 3.47. The summed E-state index contributed by atoms with van der Waals surface area (Å²) in [6, 6.07) is 5.40. The summed E-state index contributed by atoms with van der Waals surface area (Å²) in [5, 5.41) is 8.87. The molecule has 1 aromatic carbocycles.